The van der Waals surface area contributed by atoms with Gasteiger partial charge in [0.25, 0.3) is 0 Å². The van der Waals surface area contributed by atoms with Crippen molar-refractivity contribution in [2.24, 2.45) is 0 Å². The molecular formula is C10H16N2O3. The van der Waals surface area contributed by atoms with Gasteiger partial charge >= 0.3 is 12.0 Å². The fraction of sp³-hybridized carbons (Fsp3) is 0.600. The lowest BCUT2D eigenvalue weighted by molar-refractivity contribution is -0.147. The van der Waals surface area contributed by atoms with E-state index in [9.17, 15) is 9.59 Å². The van der Waals surface area contributed by atoms with Crippen LogP contribution in [0, 0.1) is 12.3 Å². The molecule has 0 aromatic rings. The van der Waals surface area contributed by atoms with Crippen LogP contribution in [-0.2, 0) is 9.53 Å². The minimum absolute atomic E-state index is 0.118. The third-order valence-corrected chi connectivity index (χ3v) is 2.08. The zero-order valence-corrected chi connectivity index (χ0v) is 9.22. The maximum Gasteiger partial charge on any atom is 0.331 e. The molecule has 0 aliphatic heterocycles. The first-order chi connectivity index (χ1) is 7.00. The van der Waals surface area contributed by atoms with E-state index in [0.717, 1.165) is 0 Å². The van der Waals surface area contributed by atoms with Crippen molar-refractivity contribution in [1.29, 1.82) is 0 Å². The van der Waals surface area contributed by atoms with E-state index in [0.29, 0.717) is 6.42 Å². The first-order valence-electron chi connectivity index (χ1n) is 4.58. The Balaban J connectivity index is 4.38. The van der Waals surface area contributed by atoms with E-state index in [2.05, 4.69) is 21.3 Å². The first kappa shape index (κ1) is 13.3. The number of hydrogen-bond acceptors (Lipinski definition) is 3. The lowest BCUT2D eigenvalue weighted by Gasteiger charge is -2.26. The molecule has 1 atom stereocenters. The summed E-state index contributed by atoms with van der Waals surface area (Å²) in [5, 5.41) is 4.92. The summed E-state index contributed by atoms with van der Waals surface area (Å²) in [4.78, 5) is 22.6. The number of hydrogen-bond donors (Lipinski definition) is 2. The largest absolute Gasteiger partial charge is 0.467 e. The normalized spacial score (nSPS) is 13.2. The highest BCUT2D eigenvalue weighted by atomic mass is 16.5. The summed E-state index contributed by atoms with van der Waals surface area (Å²) in [5.74, 6) is 1.77. The van der Waals surface area contributed by atoms with E-state index < -0.39 is 17.5 Å². The molecule has 2 N–H and O–H groups in total. The van der Waals surface area contributed by atoms with Crippen LogP contribution >= 0.6 is 0 Å². The van der Waals surface area contributed by atoms with Crippen LogP contribution in [0.1, 0.15) is 20.3 Å². The number of ether oxygens (including phenoxy) is 1. The summed E-state index contributed by atoms with van der Waals surface area (Å²) in [6.07, 6.45) is 5.41. The van der Waals surface area contributed by atoms with Gasteiger partial charge in [0.2, 0.25) is 0 Å². The van der Waals surface area contributed by atoms with Crippen molar-refractivity contribution in [2.45, 2.75) is 25.8 Å². The Morgan fingerprint density at radius 3 is 2.53 bits per heavy atom. The summed E-state index contributed by atoms with van der Waals surface area (Å²) in [7, 11) is 1.28. The third kappa shape index (κ3) is 3.90. The van der Waals surface area contributed by atoms with Gasteiger partial charge in [-0.15, -0.1) is 6.42 Å². The highest BCUT2D eigenvalue weighted by Crippen LogP contribution is 2.10. The molecule has 15 heavy (non-hydrogen) atoms. The van der Waals surface area contributed by atoms with Crippen molar-refractivity contribution < 1.29 is 14.3 Å². The van der Waals surface area contributed by atoms with E-state index in [1.54, 1.807) is 13.8 Å². The van der Waals surface area contributed by atoms with Gasteiger partial charge in [-0.2, -0.15) is 0 Å². The van der Waals surface area contributed by atoms with Crippen molar-refractivity contribution in [3.63, 3.8) is 0 Å². The van der Waals surface area contributed by atoms with Gasteiger partial charge in [-0.3, -0.25) is 0 Å². The van der Waals surface area contributed by atoms with Crippen LogP contribution < -0.4 is 10.6 Å². The van der Waals surface area contributed by atoms with Gasteiger partial charge in [0.15, 0.2) is 0 Å². The Morgan fingerprint density at radius 1 is 1.53 bits per heavy atom. The minimum atomic E-state index is -1.02. The number of rotatable bonds is 4. The van der Waals surface area contributed by atoms with Gasteiger partial charge in [0, 0.05) is 0 Å². The maximum atomic E-state index is 11.4. The summed E-state index contributed by atoms with van der Waals surface area (Å²) >= 11 is 0. The van der Waals surface area contributed by atoms with Gasteiger partial charge in [-0.25, -0.2) is 9.59 Å². The minimum Gasteiger partial charge on any atom is -0.467 e. The number of esters is 1. The highest BCUT2D eigenvalue weighted by molar-refractivity contribution is 5.86. The summed E-state index contributed by atoms with van der Waals surface area (Å²) in [5.41, 5.74) is -1.02. The molecule has 5 nitrogen and oxygen atoms in total. The maximum absolute atomic E-state index is 11.4. The number of terminal acetylenes is 1. The molecule has 0 heterocycles. The summed E-state index contributed by atoms with van der Waals surface area (Å²) in [6, 6.07) is -0.484. The number of methoxy groups -OCH3 is 1. The second-order valence-corrected chi connectivity index (χ2v) is 3.19. The predicted octanol–water partition coefficient (Wildman–Crippen LogP) is 0.260. The third-order valence-electron chi connectivity index (χ3n) is 2.08. The van der Waals surface area contributed by atoms with E-state index >= 15 is 0 Å². The molecule has 0 saturated carbocycles. The monoisotopic (exact) mass is 212 g/mol. The van der Waals surface area contributed by atoms with E-state index in [1.165, 1.54) is 7.11 Å². The molecule has 5 heteroatoms. The van der Waals surface area contributed by atoms with Gasteiger partial charge in [0.1, 0.15) is 5.54 Å². The standard InChI is InChI=1S/C10H16N2O3/c1-5-7-11-9(14)12-10(3,6-2)8(13)15-4/h1H,6-7H2,2-4H3,(H2,11,12,14). The average Bonchev–Trinajstić information content (AvgIpc) is 2.24. The van der Waals surface area contributed by atoms with Crippen LogP contribution in [0.15, 0.2) is 0 Å². The summed E-state index contributed by atoms with van der Waals surface area (Å²) < 4.78 is 4.59. The molecule has 0 aromatic heterocycles. The molecule has 0 spiro atoms. The second-order valence-electron chi connectivity index (χ2n) is 3.19. The van der Waals surface area contributed by atoms with Crippen molar-refractivity contribution in [3.8, 4) is 12.3 Å². The Bertz CT molecular complexity index is 283. The van der Waals surface area contributed by atoms with Crippen LogP contribution in [0.2, 0.25) is 0 Å². The molecule has 0 radical (unpaired) electrons. The summed E-state index contributed by atoms with van der Waals surface area (Å²) in [6.45, 7) is 3.49. The number of carbonyl (C=O) groups is 2. The Morgan fingerprint density at radius 2 is 2.13 bits per heavy atom. The van der Waals surface area contributed by atoms with Crippen molar-refractivity contribution in [3.05, 3.63) is 0 Å². The molecule has 0 aliphatic carbocycles. The van der Waals surface area contributed by atoms with Crippen molar-refractivity contribution >= 4 is 12.0 Å². The van der Waals surface area contributed by atoms with Crippen molar-refractivity contribution in [2.75, 3.05) is 13.7 Å². The van der Waals surface area contributed by atoms with Crippen LogP contribution in [0.4, 0.5) is 4.79 Å². The van der Waals surface area contributed by atoms with Gasteiger partial charge in [0.05, 0.1) is 13.7 Å². The molecule has 1 unspecified atom stereocenters. The highest BCUT2D eigenvalue weighted by Gasteiger charge is 2.33. The fourth-order valence-corrected chi connectivity index (χ4v) is 0.935. The molecule has 0 fully saturated rings. The molecule has 0 aromatic carbocycles. The van der Waals surface area contributed by atoms with E-state index in [1.807, 2.05) is 0 Å². The Hall–Kier alpha value is -1.70. The fourth-order valence-electron chi connectivity index (χ4n) is 0.935. The van der Waals surface area contributed by atoms with Gasteiger partial charge in [-0.1, -0.05) is 12.8 Å². The Kier molecular flexibility index (Phi) is 5.24. The van der Waals surface area contributed by atoms with Crippen molar-refractivity contribution in [1.82, 2.24) is 10.6 Å². The molecule has 84 valence electrons. The molecular weight excluding hydrogens is 196 g/mol. The number of nitrogens with one attached hydrogen (secondary N) is 2. The molecule has 0 bridgehead atoms. The topological polar surface area (TPSA) is 67.4 Å². The van der Waals surface area contributed by atoms with Crippen LogP contribution in [0.5, 0.6) is 0 Å². The first-order valence-corrected chi connectivity index (χ1v) is 4.58. The molecule has 0 aliphatic rings. The van der Waals surface area contributed by atoms with Gasteiger partial charge < -0.3 is 15.4 Å². The molecule has 0 saturated heterocycles. The number of carbonyl (C=O) groups excluding carboxylic acids is 2. The van der Waals surface area contributed by atoms with Crippen LogP contribution in [0.3, 0.4) is 0 Å². The van der Waals surface area contributed by atoms with Gasteiger partial charge in [-0.05, 0) is 13.3 Å². The molecule has 0 rings (SSSR count). The smallest absolute Gasteiger partial charge is 0.331 e. The van der Waals surface area contributed by atoms with E-state index in [4.69, 9.17) is 6.42 Å². The Labute approximate surface area is 89.6 Å². The second kappa shape index (κ2) is 5.91. The lowest BCUT2D eigenvalue weighted by Crippen LogP contribution is -2.55. The lowest BCUT2D eigenvalue weighted by atomic mass is 9.99. The number of urea groups is 1. The van der Waals surface area contributed by atoms with E-state index in [-0.39, 0.29) is 6.54 Å². The molecule has 2 amide bonds. The van der Waals surface area contributed by atoms with Crippen LogP contribution in [0.25, 0.3) is 0 Å². The van der Waals surface area contributed by atoms with Crippen LogP contribution in [-0.4, -0.2) is 31.2 Å². The zero-order chi connectivity index (χ0) is 11.9. The number of amides is 2. The zero-order valence-electron chi connectivity index (χ0n) is 9.22. The predicted molar refractivity (Wildman–Crippen MR) is 56.1 cm³/mol. The average molecular weight is 212 g/mol. The SMILES string of the molecule is C#CCNC(=O)NC(C)(CC)C(=O)OC. The quantitative estimate of drug-likeness (QED) is 0.519.